The predicted octanol–water partition coefficient (Wildman–Crippen LogP) is 2.98. The Morgan fingerprint density at radius 1 is 1.53 bits per heavy atom. The van der Waals surface area contributed by atoms with Crippen molar-refractivity contribution >= 4 is 23.4 Å². The summed E-state index contributed by atoms with van der Waals surface area (Å²) in [5, 5.41) is 4.84. The second-order valence-corrected chi connectivity index (χ2v) is 6.08. The molecule has 0 radical (unpaired) electrons. The molecule has 0 bridgehead atoms. The normalized spacial score (nSPS) is 24.6. The molecule has 2 atom stereocenters. The molecule has 0 saturated carbocycles. The van der Waals surface area contributed by atoms with Crippen molar-refractivity contribution in [1.82, 2.24) is 5.32 Å². The van der Waals surface area contributed by atoms with E-state index in [0.29, 0.717) is 16.3 Å². The van der Waals surface area contributed by atoms with Gasteiger partial charge in [0, 0.05) is 23.6 Å². The van der Waals surface area contributed by atoms with Crippen LogP contribution in [0.15, 0.2) is 18.2 Å². The van der Waals surface area contributed by atoms with Crippen molar-refractivity contribution in [2.45, 2.75) is 24.6 Å². The smallest absolute Gasteiger partial charge is 0.137 e. The Hall–Kier alpha value is -0.380. The van der Waals surface area contributed by atoms with Gasteiger partial charge in [-0.1, -0.05) is 17.7 Å². The van der Waals surface area contributed by atoms with Gasteiger partial charge in [0.25, 0.3) is 0 Å². The van der Waals surface area contributed by atoms with Crippen molar-refractivity contribution in [3.8, 4) is 5.75 Å². The van der Waals surface area contributed by atoms with Crippen LogP contribution in [-0.4, -0.2) is 30.7 Å². The maximum Gasteiger partial charge on any atom is 0.137 e. The highest BCUT2D eigenvalue weighted by Crippen LogP contribution is 2.28. The maximum absolute atomic E-state index is 6.14. The quantitative estimate of drug-likeness (QED) is 0.913. The summed E-state index contributed by atoms with van der Waals surface area (Å²) in [6, 6.07) is 6.63. The molecule has 1 aliphatic rings. The van der Waals surface area contributed by atoms with Crippen LogP contribution >= 0.6 is 23.4 Å². The lowest BCUT2D eigenvalue weighted by atomic mass is 10.1. The molecule has 2 unspecified atom stereocenters. The van der Waals surface area contributed by atoms with Gasteiger partial charge >= 0.3 is 0 Å². The third-order valence-corrected chi connectivity index (χ3v) is 4.85. The van der Waals surface area contributed by atoms with Crippen LogP contribution in [-0.2, 0) is 6.42 Å². The molecule has 1 heterocycles. The summed E-state index contributed by atoms with van der Waals surface area (Å²) in [5.74, 6) is 1.94. The Morgan fingerprint density at radius 3 is 3.00 bits per heavy atom. The van der Waals surface area contributed by atoms with Crippen LogP contribution in [0.5, 0.6) is 5.75 Å². The summed E-state index contributed by atoms with van der Waals surface area (Å²) >= 11 is 8.18. The van der Waals surface area contributed by atoms with Gasteiger partial charge in [0.15, 0.2) is 0 Å². The Kier molecular flexibility index (Phi) is 4.60. The zero-order valence-electron chi connectivity index (χ0n) is 10.2. The Bertz CT molecular complexity index is 386. The van der Waals surface area contributed by atoms with E-state index in [1.807, 2.05) is 23.9 Å². The Labute approximate surface area is 112 Å². The summed E-state index contributed by atoms with van der Waals surface area (Å²) in [6.45, 7) is 3.37. The van der Waals surface area contributed by atoms with E-state index in [1.54, 1.807) is 7.11 Å². The van der Waals surface area contributed by atoms with Crippen molar-refractivity contribution in [2.75, 3.05) is 19.4 Å². The van der Waals surface area contributed by atoms with E-state index in [4.69, 9.17) is 16.3 Å². The lowest BCUT2D eigenvalue weighted by molar-refractivity contribution is 0.415. The van der Waals surface area contributed by atoms with E-state index in [-0.39, 0.29) is 0 Å². The van der Waals surface area contributed by atoms with Gasteiger partial charge in [-0.2, -0.15) is 11.8 Å². The molecule has 1 saturated heterocycles. The molecule has 0 aliphatic carbocycles. The molecule has 2 nitrogen and oxygen atoms in total. The number of methoxy groups -OCH3 is 1. The molecule has 94 valence electrons. The topological polar surface area (TPSA) is 21.3 Å². The van der Waals surface area contributed by atoms with Crippen LogP contribution in [0, 0.1) is 0 Å². The third kappa shape index (κ3) is 3.30. The minimum atomic E-state index is 0.564. The van der Waals surface area contributed by atoms with Gasteiger partial charge < -0.3 is 10.1 Å². The van der Waals surface area contributed by atoms with Crippen LogP contribution in [0.25, 0.3) is 0 Å². The first-order valence-electron chi connectivity index (χ1n) is 5.88. The van der Waals surface area contributed by atoms with Crippen LogP contribution in [0.2, 0.25) is 5.02 Å². The van der Waals surface area contributed by atoms with Crippen molar-refractivity contribution in [3.63, 3.8) is 0 Å². The monoisotopic (exact) mass is 271 g/mol. The van der Waals surface area contributed by atoms with Gasteiger partial charge in [-0.3, -0.25) is 0 Å². The van der Waals surface area contributed by atoms with Crippen molar-refractivity contribution in [3.05, 3.63) is 28.8 Å². The SMILES string of the molecule is COc1ccc(CC2SCCNC2C)cc1Cl. The summed E-state index contributed by atoms with van der Waals surface area (Å²) in [5.41, 5.74) is 1.28. The van der Waals surface area contributed by atoms with Crippen LogP contribution < -0.4 is 10.1 Å². The number of rotatable bonds is 3. The lowest BCUT2D eigenvalue weighted by Crippen LogP contribution is -2.42. The van der Waals surface area contributed by atoms with Gasteiger partial charge in [-0.15, -0.1) is 0 Å². The highest BCUT2D eigenvalue weighted by atomic mass is 35.5. The Balaban J connectivity index is 2.05. The molecule has 1 aromatic rings. The zero-order chi connectivity index (χ0) is 12.3. The number of hydrogen-bond donors (Lipinski definition) is 1. The molecule has 17 heavy (non-hydrogen) atoms. The fourth-order valence-corrected chi connectivity index (χ4v) is 3.59. The summed E-state index contributed by atoms with van der Waals surface area (Å²) < 4.78 is 5.16. The number of thioether (sulfide) groups is 1. The van der Waals surface area contributed by atoms with Gasteiger partial charge in [-0.25, -0.2) is 0 Å². The molecule has 0 aromatic heterocycles. The number of hydrogen-bond acceptors (Lipinski definition) is 3. The first-order chi connectivity index (χ1) is 8.20. The van der Waals surface area contributed by atoms with Crippen LogP contribution in [0.3, 0.4) is 0 Å². The number of halogens is 1. The average Bonchev–Trinajstić information content (AvgIpc) is 2.32. The summed E-state index contributed by atoms with van der Waals surface area (Å²) in [6.07, 6.45) is 1.06. The largest absolute Gasteiger partial charge is 0.495 e. The van der Waals surface area contributed by atoms with Gasteiger partial charge in [0.2, 0.25) is 0 Å². The highest BCUT2D eigenvalue weighted by Gasteiger charge is 2.21. The Morgan fingerprint density at radius 2 is 2.35 bits per heavy atom. The number of ether oxygens (including phenoxy) is 1. The zero-order valence-corrected chi connectivity index (χ0v) is 11.8. The molecule has 0 spiro atoms. The van der Waals surface area contributed by atoms with Crippen molar-refractivity contribution in [1.29, 1.82) is 0 Å². The predicted molar refractivity (Wildman–Crippen MR) is 75.4 cm³/mol. The fourth-order valence-electron chi connectivity index (χ4n) is 2.08. The van der Waals surface area contributed by atoms with E-state index in [0.717, 1.165) is 18.7 Å². The third-order valence-electron chi connectivity index (χ3n) is 3.11. The number of benzene rings is 1. The van der Waals surface area contributed by atoms with Crippen molar-refractivity contribution in [2.24, 2.45) is 0 Å². The second-order valence-electron chi connectivity index (χ2n) is 4.33. The second kappa shape index (κ2) is 5.98. The maximum atomic E-state index is 6.14. The fraction of sp³-hybridized carbons (Fsp3) is 0.538. The van der Waals surface area contributed by atoms with E-state index < -0.39 is 0 Å². The molecular weight excluding hydrogens is 254 g/mol. The minimum Gasteiger partial charge on any atom is -0.495 e. The van der Waals surface area contributed by atoms with E-state index in [9.17, 15) is 0 Å². The van der Waals surface area contributed by atoms with Crippen LogP contribution in [0.1, 0.15) is 12.5 Å². The first-order valence-corrected chi connectivity index (χ1v) is 7.31. The molecule has 1 aliphatic heterocycles. The standard InChI is InChI=1S/C13H18ClNOS/c1-9-13(17-6-5-15-9)8-10-3-4-12(16-2)11(14)7-10/h3-4,7,9,13,15H,5-6,8H2,1-2H3. The highest BCUT2D eigenvalue weighted by molar-refractivity contribution is 8.00. The van der Waals surface area contributed by atoms with E-state index in [1.165, 1.54) is 11.3 Å². The molecule has 1 aromatic carbocycles. The van der Waals surface area contributed by atoms with E-state index >= 15 is 0 Å². The first kappa shape index (κ1) is 13.1. The van der Waals surface area contributed by atoms with Crippen molar-refractivity contribution < 1.29 is 4.74 Å². The van der Waals surface area contributed by atoms with Gasteiger partial charge in [0.1, 0.15) is 5.75 Å². The number of nitrogens with one attached hydrogen (secondary N) is 1. The van der Waals surface area contributed by atoms with E-state index in [2.05, 4.69) is 18.3 Å². The molecule has 1 fully saturated rings. The minimum absolute atomic E-state index is 0.564. The summed E-state index contributed by atoms with van der Waals surface area (Å²) in [4.78, 5) is 0. The molecule has 4 heteroatoms. The average molecular weight is 272 g/mol. The summed E-state index contributed by atoms with van der Waals surface area (Å²) in [7, 11) is 1.64. The molecule has 0 amide bonds. The van der Waals surface area contributed by atoms with Gasteiger partial charge in [-0.05, 0) is 31.0 Å². The molecular formula is C13H18ClNOS. The lowest BCUT2D eigenvalue weighted by Gasteiger charge is -2.29. The van der Waals surface area contributed by atoms with Gasteiger partial charge in [0.05, 0.1) is 12.1 Å². The molecule has 1 N–H and O–H groups in total. The molecule has 2 rings (SSSR count). The van der Waals surface area contributed by atoms with Crippen LogP contribution in [0.4, 0.5) is 0 Å².